The maximum absolute atomic E-state index is 14.9. The Morgan fingerprint density at radius 2 is 1.98 bits per heavy atom. The lowest BCUT2D eigenvalue weighted by molar-refractivity contribution is -0.702. The second-order valence-electron chi connectivity index (χ2n) is 9.09. The molecule has 40 heavy (non-hydrogen) atoms. The second-order valence-corrected chi connectivity index (χ2v) is 10.0. The van der Waals surface area contributed by atoms with Crippen molar-refractivity contribution in [1.82, 2.24) is 25.0 Å². The van der Waals surface area contributed by atoms with Crippen LogP contribution in [-0.4, -0.2) is 49.6 Å². The largest absolute Gasteiger partial charge is 0.495 e. The molecule has 10 nitrogen and oxygen atoms in total. The summed E-state index contributed by atoms with van der Waals surface area (Å²) in [4.78, 5) is 43.6. The number of aromatic amines is 1. The van der Waals surface area contributed by atoms with Crippen LogP contribution in [0.2, 0.25) is 0 Å². The van der Waals surface area contributed by atoms with Gasteiger partial charge in [0.05, 0.1) is 34.3 Å². The highest BCUT2D eigenvalue weighted by Crippen LogP contribution is 2.24. The lowest BCUT2D eigenvalue weighted by Crippen LogP contribution is -2.53. The van der Waals surface area contributed by atoms with E-state index in [1.54, 1.807) is 35.9 Å². The summed E-state index contributed by atoms with van der Waals surface area (Å²) >= 11 is 1.28. The van der Waals surface area contributed by atoms with Gasteiger partial charge in [0.1, 0.15) is 17.2 Å². The molecule has 0 saturated carbocycles. The third-order valence-electron chi connectivity index (χ3n) is 6.59. The molecule has 0 saturated heterocycles. The van der Waals surface area contributed by atoms with Crippen LogP contribution in [0.3, 0.4) is 0 Å². The van der Waals surface area contributed by atoms with E-state index in [9.17, 15) is 31.9 Å². The van der Waals surface area contributed by atoms with Crippen LogP contribution in [0.1, 0.15) is 38.6 Å². The molecule has 4 heterocycles. The Balaban J connectivity index is 1.45. The molecule has 208 valence electrons. The number of H-pyrrole nitrogens is 1. The molecular weight excluding hydrogens is 556 g/mol. The zero-order valence-corrected chi connectivity index (χ0v) is 21.9. The van der Waals surface area contributed by atoms with Crippen molar-refractivity contribution >= 4 is 23.2 Å². The third kappa shape index (κ3) is 5.11. The molecule has 1 N–H and O–H groups in total. The average molecular weight is 578 g/mol. The Labute approximate surface area is 227 Å². The Morgan fingerprint density at radius 1 is 1.20 bits per heavy atom. The molecule has 0 atom stereocenters. The summed E-state index contributed by atoms with van der Waals surface area (Å²) in [6, 6.07) is 7.45. The molecule has 0 bridgehead atoms. The quantitative estimate of drug-likeness (QED) is 0.288. The van der Waals surface area contributed by atoms with Gasteiger partial charge in [-0.15, -0.1) is 11.3 Å². The zero-order chi connectivity index (χ0) is 28.8. The SMILES string of the molecule is Cc1c(Cc2ccc(F)c(C(=O)N3CC[n+]4c(-c5cccs5)nn(OC(=O)C(F)(F)F)c4C3)c2)n[nH]c(=O)c1C. The summed E-state index contributed by atoms with van der Waals surface area (Å²) in [6.45, 7) is 3.30. The zero-order valence-electron chi connectivity index (χ0n) is 21.1. The van der Waals surface area contributed by atoms with Crippen LogP contribution < -0.4 is 15.0 Å². The highest BCUT2D eigenvalue weighted by atomic mass is 32.1. The first-order valence-corrected chi connectivity index (χ1v) is 12.8. The van der Waals surface area contributed by atoms with E-state index in [4.69, 9.17) is 0 Å². The molecule has 0 spiro atoms. The number of nitrogens with zero attached hydrogens (tertiary/aromatic N) is 5. The number of carbonyl (C=O) groups excluding carboxylic acids is 2. The van der Waals surface area contributed by atoms with E-state index in [1.165, 1.54) is 28.4 Å². The fraction of sp³-hybridized carbons (Fsp3) is 0.280. The van der Waals surface area contributed by atoms with Crippen molar-refractivity contribution < 1.29 is 36.6 Å². The summed E-state index contributed by atoms with van der Waals surface area (Å²) in [5.74, 6) is -3.70. The van der Waals surface area contributed by atoms with Gasteiger partial charge in [0.2, 0.25) is 0 Å². The summed E-state index contributed by atoms with van der Waals surface area (Å²) in [6.07, 6.45) is -5.05. The number of aromatic nitrogens is 5. The number of hydrogen-bond donors (Lipinski definition) is 1. The Morgan fingerprint density at radius 3 is 2.67 bits per heavy atom. The maximum Gasteiger partial charge on any atom is 0.495 e. The predicted octanol–water partition coefficient (Wildman–Crippen LogP) is 2.50. The second kappa shape index (κ2) is 10.3. The van der Waals surface area contributed by atoms with E-state index < -0.39 is 23.9 Å². The van der Waals surface area contributed by atoms with Gasteiger partial charge in [-0.25, -0.2) is 23.7 Å². The van der Waals surface area contributed by atoms with Crippen molar-refractivity contribution in [3.05, 3.63) is 85.7 Å². The molecule has 0 radical (unpaired) electrons. The Hall–Kier alpha value is -4.40. The summed E-state index contributed by atoms with van der Waals surface area (Å²) in [5, 5.41) is 12.3. The van der Waals surface area contributed by atoms with Crippen LogP contribution >= 0.6 is 11.3 Å². The van der Waals surface area contributed by atoms with Crippen LogP contribution in [-0.2, 0) is 24.3 Å². The van der Waals surface area contributed by atoms with Crippen molar-refractivity contribution in [3.8, 4) is 10.7 Å². The smallest absolute Gasteiger partial charge is 0.325 e. The highest BCUT2D eigenvalue weighted by Gasteiger charge is 2.46. The van der Waals surface area contributed by atoms with Gasteiger partial charge in [0.15, 0.2) is 0 Å². The number of nitrogens with one attached hydrogen (secondary N) is 1. The summed E-state index contributed by atoms with van der Waals surface area (Å²) in [5.41, 5.74) is 1.71. The van der Waals surface area contributed by atoms with Crippen molar-refractivity contribution in [2.75, 3.05) is 6.54 Å². The minimum Gasteiger partial charge on any atom is -0.325 e. The number of carbonyl (C=O) groups is 2. The van der Waals surface area contributed by atoms with Crippen LogP contribution in [0.25, 0.3) is 10.7 Å². The van der Waals surface area contributed by atoms with Gasteiger partial charge < -0.3 is 4.90 Å². The number of thiophene rings is 1. The van der Waals surface area contributed by atoms with Crippen molar-refractivity contribution in [2.45, 2.75) is 39.5 Å². The normalized spacial score (nSPS) is 13.3. The fourth-order valence-corrected chi connectivity index (χ4v) is 5.01. The maximum atomic E-state index is 14.9. The molecule has 0 aliphatic carbocycles. The van der Waals surface area contributed by atoms with E-state index in [0.29, 0.717) is 32.1 Å². The number of halogens is 4. The van der Waals surface area contributed by atoms with Gasteiger partial charge in [-0.3, -0.25) is 9.59 Å². The topological polar surface area (TPSA) is 114 Å². The van der Waals surface area contributed by atoms with Crippen LogP contribution in [0.5, 0.6) is 0 Å². The molecule has 1 aliphatic heterocycles. The molecular formula is C25H21F4N6O4S+. The van der Waals surface area contributed by atoms with E-state index in [-0.39, 0.29) is 48.8 Å². The van der Waals surface area contributed by atoms with Gasteiger partial charge in [-0.05, 0) is 48.6 Å². The predicted molar refractivity (Wildman–Crippen MR) is 132 cm³/mol. The molecule has 1 aromatic carbocycles. The minimum absolute atomic E-state index is 0.000651. The van der Waals surface area contributed by atoms with Gasteiger partial charge in [0, 0.05) is 12.0 Å². The average Bonchev–Trinajstić information content (AvgIpc) is 3.57. The van der Waals surface area contributed by atoms with E-state index in [1.807, 2.05) is 0 Å². The van der Waals surface area contributed by atoms with Crippen molar-refractivity contribution in [2.24, 2.45) is 0 Å². The summed E-state index contributed by atoms with van der Waals surface area (Å²) < 4.78 is 55.2. The number of rotatable bonds is 5. The monoisotopic (exact) mass is 577 g/mol. The molecule has 1 aliphatic rings. The molecule has 15 heteroatoms. The van der Waals surface area contributed by atoms with Crippen LogP contribution in [0.4, 0.5) is 17.6 Å². The number of amides is 1. The van der Waals surface area contributed by atoms with Crippen LogP contribution in [0.15, 0.2) is 40.5 Å². The van der Waals surface area contributed by atoms with Gasteiger partial charge in [-0.1, -0.05) is 12.1 Å². The standard InChI is InChI=1S/C25H20F4N6O4S/c1-13-14(2)22(36)31-30-18(13)11-15-5-6-17(26)16(10-15)23(37)33-7-8-34-20(12-33)35(39-24(38)25(27,28)29)32-21(34)19-4-3-9-40-19/h3-6,9-10H,7-8,11-12H2,1-2H3/p+1. The van der Waals surface area contributed by atoms with E-state index >= 15 is 0 Å². The number of fused-ring (bicyclic) bond motifs is 1. The minimum atomic E-state index is -5.27. The van der Waals surface area contributed by atoms with Gasteiger partial charge >= 0.3 is 23.8 Å². The lowest BCUT2D eigenvalue weighted by Gasteiger charge is -2.25. The van der Waals surface area contributed by atoms with Crippen molar-refractivity contribution in [3.63, 3.8) is 0 Å². The van der Waals surface area contributed by atoms with Gasteiger partial charge in [0.25, 0.3) is 11.5 Å². The molecule has 1 amide bonds. The molecule has 3 aromatic heterocycles. The van der Waals surface area contributed by atoms with E-state index in [0.717, 1.165) is 6.07 Å². The molecule has 5 rings (SSSR count). The fourth-order valence-electron chi connectivity index (χ4n) is 4.29. The molecule has 0 unspecified atom stereocenters. The molecule has 0 fully saturated rings. The Bertz CT molecular complexity index is 1680. The lowest BCUT2D eigenvalue weighted by atomic mass is 10.0. The molecule has 4 aromatic rings. The number of hydrogen-bond acceptors (Lipinski definition) is 7. The number of alkyl halides is 3. The Kier molecular flexibility index (Phi) is 6.99. The first-order valence-electron chi connectivity index (χ1n) is 11.9. The van der Waals surface area contributed by atoms with Gasteiger partial charge in [-0.2, -0.15) is 18.3 Å². The third-order valence-corrected chi connectivity index (χ3v) is 7.46. The highest BCUT2D eigenvalue weighted by molar-refractivity contribution is 7.13. The van der Waals surface area contributed by atoms with Crippen molar-refractivity contribution in [1.29, 1.82) is 0 Å². The summed E-state index contributed by atoms with van der Waals surface area (Å²) in [7, 11) is 0. The van der Waals surface area contributed by atoms with E-state index in [2.05, 4.69) is 20.1 Å². The first-order chi connectivity index (χ1) is 18.9. The first kappa shape index (κ1) is 27.2. The van der Waals surface area contributed by atoms with Crippen LogP contribution in [0, 0.1) is 19.7 Å². The number of benzene rings is 1.